The third-order valence-corrected chi connectivity index (χ3v) is 8.15. The number of rotatable bonds is 7. The highest BCUT2D eigenvalue weighted by Crippen LogP contribution is 2.37. The van der Waals surface area contributed by atoms with Gasteiger partial charge in [-0.15, -0.1) is 11.3 Å². The molecule has 1 saturated heterocycles. The van der Waals surface area contributed by atoms with Gasteiger partial charge < -0.3 is 19.3 Å². The molecule has 0 spiro atoms. The minimum atomic E-state index is -0.971. The molecule has 39 heavy (non-hydrogen) atoms. The molecule has 3 aromatic heterocycles. The molecule has 0 radical (unpaired) electrons. The van der Waals surface area contributed by atoms with Crippen LogP contribution in [0.25, 0.3) is 21.1 Å². The Bertz CT molecular complexity index is 1650. The predicted octanol–water partition coefficient (Wildman–Crippen LogP) is 5.34. The molecule has 200 valence electrons. The van der Waals surface area contributed by atoms with E-state index in [4.69, 9.17) is 14.7 Å². The number of fused-ring (bicyclic) bond motifs is 2. The van der Waals surface area contributed by atoms with Crippen molar-refractivity contribution in [3.63, 3.8) is 0 Å². The SMILES string of the molecule is CC(C)(O)c1cc2nc(N/N=C/c3cn(Cc4ccc(F)cc4)c4ccccc34)nc(N3CCOCC3)c2s1. The fourth-order valence-electron chi connectivity index (χ4n) is 4.71. The summed E-state index contributed by atoms with van der Waals surface area (Å²) in [6.07, 6.45) is 3.80. The number of anilines is 2. The van der Waals surface area contributed by atoms with Crippen LogP contribution in [0.15, 0.2) is 65.9 Å². The highest BCUT2D eigenvalue weighted by Gasteiger charge is 2.24. The number of thiophene rings is 1. The Hall–Kier alpha value is -3.86. The first-order chi connectivity index (χ1) is 18.8. The van der Waals surface area contributed by atoms with Gasteiger partial charge >= 0.3 is 0 Å². The number of nitrogens with zero attached hydrogens (tertiary/aromatic N) is 5. The highest BCUT2D eigenvalue weighted by molar-refractivity contribution is 7.19. The molecule has 5 aromatic rings. The first kappa shape index (κ1) is 25.4. The van der Waals surface area contributed by atoms with Crippen molar-refractivity contribution in [3.05, 3.63) is 82.6 Å². The van der Waals surface area contributed by atoms with Crippen LogP contribution in [0.3, 0.4) is 0 Å². The third kappa shape index (κ3) is 5.36. The number of morpholine rings is 1. The molecule has 10 heteroatoms. The van der Waals surface area contributed by atoms with Crippen LogP contribution in [0.4, 0.5) is 16.2 Å². The first-order valence-corrected chi connectivity index (χ1v) is 13.7. The molecule has 0 saturated carbocycles. The summed E-state index contributed by atoms with van der Waals surface area (Å²) in [6.45, 7) is 6.91. The number of aromatic nitrogens is 3. The molecular weight excluding hydrogens is 515 g/mol. The first-order valence-electron chi connectivity index (χ1n) is 12.8. The molecular formula is C29H29FN6O2S. The Kier molecular flexibility index (Phi) is 6.76. The van der Waals surface area contributed by atoms with Gasteiger partial charge in [-0.2, -0.15) is 10.1 Å². The van der Waals surface area contributed by atoms with Gasteiger partial charge in [-0.1, -0.05) is 30.3 Å². The van der Waals surface area contributed by atoms with Gasteiger partial charge in [0.25, 0.3) is 0 Å². The fraction of sp³-hybridized carbons (Fsp3) is 0.276. The lowest BCUT2D eigenvalue weighted by Gasteiger charge is -2.28. The van der Waals surface area contributed by atoms with Crippen LogP contribution < -0.4 is 10.3 Å². The maximum absolute atomic E-state index is 13.4. The number of hydrogen-bond donors (Lipinski definition) is 2. The zero-order valence-electron chi connectivity index (χ0n) is 21.8. The second-order valence-corrected chi connectivity index (χ2v) is 11.1. The molecule has 2 N–H and O–H groups in total. The summed E-state index contributed by atoms with van der Waals surface area (Å²) in [6, 6.07) is 16.6. The Balaban J connectivity index is 1.30. The largest absolute Gasteiger partial charge is 0.385 e. The Morgan fingerprint density at radius 1 is 1.13 bits per heavy atom. The summed E-state index contributed by atoms with van der Waals surface area (Å²) in [7, 11) is 0. The van der Waals surface area contributed by atoms with Gasteiger partial charge in [0.05, 0.1) is 35.2 Å². The van der Waals surface area contributed by atoms with Crippen LogP contribution in [0.1, 0.15) is 29.9 Å². The van der Waals surface area contributed by atoms with Crippen LogP contribution >= 0.6 is 11.3 Å². The number of para-hydroxylation sites is 1. The van der Waals surface area contributed by atoms with Gasteiger partial charge in [-0.05, 0) is 43.7 Å². The maximum atomic E-state index is 13.4. The second kappa shape index (κ2) is 10.4. The van der Waals surface area contributed by atoms with Gasteiger partial charge in [0, 0.05) is 47.2 Å². The van der Waals surface area contributed by atoms with Crippen molar-refractivity contribution in [1.82, 2.24) is 14.5 Å². The lowest BCUT2D eigenvalue weighted by Crippen LogP contribution is -2.36. The number of ether oxygens (including phenoxy) is 1. The molecule has 2 aromatic carbocycles. The normalized spacial score (nSPS) is 14.6. The van der Waals surface area contributed by atoms with Gasteiger partial charge in [0.15, 0.2) is 5.82 Å². The van der Waals surface area contributed by atoms with E-state index in [-0.39, 0.29) is 5.82 Å². The predicted molar refractivity (Wildman–Crippen MR) is 154 cm³/mol. The number of hydrogen-bond acceptors (Lipinski definition) is 8. The molecule has 0 unspecified atom stereocenters. The molecule has 0 atom stereocenters. The number of benzene rings is 2. The molecule has 0 amide bonds. The molecule has 1 aliphatic heterocycles. The van der Waals surface area contributed by atoms with E-state index in [1.165, 1.54) is 23.5 Å². The smallest absolute Gasteiger partial charge is 0.246 e. The monoisotopic (exact) mass is 544 g/mol. The number of halogens is 1. The zero-order chi connectivity index (χ0) is 27.0. The van der Waals surface area contributed by atoms with E-state index in [0.717, 1.165) is 56.0 Å². The van der Waals surface area contributed by atoms with Crippen molar-refractivity contribution in [2.45, 2.75) is 26.0 Å². The molecule has 4 heterocycles. The quantitative estimate of drug-likeness (QED) is 0.212. The topological polar surface area (TPSA) is 87.8 Å². The minimum Gasteiger partial charge on any atom is -0.385 e. The molecule has 0 bridgehead atoms. The lowest BCUT2D eigenvalue weighted by atomic mass is 10.1. The fourth-order valence-corrected chi connectivity index (χ4v) is 5.83. The summed E-state index contributed by atoms with van der Waals surface area (Å²) in [5, 5.41) is 16.1. The van der Waals surface area contributed by atoms with E-state index in [0.29, 0.717) is 25.7 Å². The Morgan fingerprint density at radius 3 is 2.67 bits per heavy atom. The lowest BCUT2D eigenvalue weighted by molar-refractivity contribution is 0.0826. The average molecular weight is 545 g/mol. The number of hydrazone groups is 1. The standard InChI is InChI=1S/C29H29FN6O2S/c1-29(2,37)25-15-23-26(39-25)27(35-11-13-38-14-12-35)33-28(32-23)34-31-16-20-18-36(24-6-4-3-5-22(20)24)17-19-7-9-21(30)10-8-19/h3-10,15-16,18,37H,11-14,17H2,1-2H3,(H,32,33,34)/b31-16+. The summed E-state index contributed by atoms with van der Waals surface area (Å²) in [5.41, 5.74) is 5.83. The highest BCUT2D eigenvalue weighted by atomic mass is 32.1. The van der Waals surface area contributed by atoms with Crippen LogP contribution in [-0.4, -0.2) is 52.2 Å². The summed E-state index contributed by atoms with van der Waals surface area (Å²) >= 11 is 1.51. The van der Waals surface area contributed by atoms with Crippen molar-refractivity contribution < 1.29 is 14.2 Å². The molecule has 1 aliphatic rings. The maximum Gasteiger partial charge on any atom is 0.246 e. The van der Waals surface area contributed by atoms with Crippen molar-refractivity contribution in [2.24, 2.45) is 5.10 Å². The molecule has 6 rings (SSSR count). The van der Waals surface area contributed by atoms with Crippen LogP contribution in [-0.2, 0) is 16.9 Å². The van der Waals surface area contributed by atoms with E-state index >= 15 is 0 Å². The molecule has 8 nitrogen and oxygen atoms in total. The van der Waals surface area contributed by atoms with E-state index < -0.39 is 5.60 Å². The van der Waals surface area contributed by atoms with Gasteiger partial charge in [0.2, 0.25) is 5.95 Å². The van der Waals surface area contributed by atoms with Crippen LogP contribution in [0.5, 0.6) is 0 Å². The summed E-state index contributed by atoms with van der Waals surface area (Å²) in [5.74, 6) is 0.957. The average Bonchev–Trinajstić information content (AvgIpc) is 3.52. The summed E-state index contributed by atoms with van der Waals surface area (Å²) < 4.78 is 22.0. The molecule has 0 aliphatic carbocycles. The summed E-state index contributed by atoms with van der Waals surface area (Å²) in [4.78, 5) is 12.5. The second-order valence-electron chi connectivity index (χ2n) is 10.1. The van der Waals surface area contributed by atoms with Crippen LogP contribution in [0, 0.1) is 5.82 Å². The van der Waals surface area contributed by atoms with Gasteiger partial charge in [-0.3, -0.25) is 0 Å². The van der Waals surface area contributed by atoms with E-state index in [1.807, 2.05) is 24.4 Å². The van der Waals surface area contributed by atoms with Gasteiger partial charge in [0.1, 0.15) is 5.82 Å². The van der Waals surface area contributed by atoms with E-state index in [9.17, 15) is 9.50 Å². The Labute approximate surface area is 229 Å². The van der Waals surface area contributed by atoms with Gasteiger partial charge in [-0.25, -0.2) is 14.8 Å². The van der Waals surface area contributed by atoms with E-state index in [1.54, 1.807) is 32.2 Å². The van der Waals surface area contributed by atoms with Crippen molar-refractivity contribution in [1.29, 1.82) is 0 Å². The zero-order valence-corrected chi connectivity index (χ0v) is 22.6. The number of nitrogens with one attached hydrogen (secondary N) is 1. The van der Waals surface area contributed by atoms with Crippen LogP contribution in [0.2, 0.25) is 0 Å². The molecule has 1 fully saturated rings. The van der Waals surface area contributed by atoms with Crippen molar-refractivity contribution in [3.8, 4) is 0 Å². The van der Waals surface area contributed by atoms with Crippen molar-refractivity contribution >= 4 is 50.4 Å². The van der Waals surface area contributed by atoms with Crippen molar-refractivity contribution in [2.75, 3.05) is 36.6 Å². The Morgan fingerprint density at radius 2 is 1.90 bits per heavy atom. The van der Waals surface area contributed by atoms with E-state index in [2.05, 4.69) is 32.1 Å². The number of aliphatic hydroxyl groups is 1. The third-order valence-electron chi connectivity index (χ3n) is 6.72. The minimum absolute atomic E-state index is 0.244.